The number of anilines is 1. The highest BCUT2D eigenvalue weighted by Gasteiger charge is 2.28. The van der Waals surface area contributed by atoms with Crippen molar-refractivity contribution in [3.05, 3.63) is 51.2 Å². The van der Waals surface area contributed by atoms with Crippen LogP contribution in [-0.4, -0.2) is 35.2 Å². The predicted octanol–water partition coefficient (Wildman–Crippen LogP) is 2.17. The first-order valence-electron chi connectivity index (χ1n) is 7.10. The van der Waals surface area contributed by atoms with Crippen molar-refractivity contribution in [2.75, 3.05) is 18.7 Å². The van der Waals surface area contributed by atoms with E-state index in [0.29, 0.717) is 5.02 Å². The summed E-state index contributed by atoms with van der Waals surface area (Å²) in [6.07, 6.45) is 1.33. The molecule has 1 aromatic heterocycles. The van der Waals surface area contributed by atoms with E-state index in [2.05, 4.69) is 10.3 Å². The van der Waals surface area contributed by atoms with Crippen molar-refractivity contribution < 1.29 is 28.7 Å². The Balaban J connectivity index is 1.67. The van der Waals surface area contributed by atoms with Crippen molar-refractivity contribution in [3.63, 3.8) is 0 Å². The van der Waals surface area contributed by atoms with Crippen LogP contribution in [0.5, 0.6) is 11.5 Å². The van der Waals surface area contributed by atoms with Gasteiger partial charge in [0, 0.05) is 12.3 Å². The molecule has 11 heteroatoms. The number of aromatic nitrogens is 1. The molecule has 0 unspecified atom stereocenters. The maximum absolute atomic E-state index is 12.1. The third-order valence-electron chi connectivity index (χ3n) is 3.24. The number of nitrogens with zero attached hydrogens (tertiary/aromatic N) is 2. The second kappa shape index (κ2) is 7.23. The highest BCUT2D eigenvalue weighted by Crippen LogP contribution is 2.38. The number of ether oxygens (including phenoxy) is 3. The molecule has 0 fully saturated rings. The number of carbonyl (C=O) groups excluding carboxylic acids is 2. The van der Waals surface area contributed by atoms with Gasteiger partial charge in [-0.2, -0.15) is 0 Å². The van der Waals surface area contributed by atoms with E-state index in [9.17, 15) is 19.7 Å². The second-order valence-electron chi connectivity index (χ2n) is 4.97. The Labute approximate surface area is 150 Å². The molecule has 26 heavy (non-hydrogen) atoms. The number of hydrogen-bond acceptors (Lipinski definition) is 8. The zero-order chi connectivity index (χ0) is 18.7. The minimum Gasteiger partial charge on any atom is -0.454 e. The summed E-state index contributed by atoms with van der Waals surface area (Å²) in [5.41, 5.74) is -0.865. The van der Waals surface area contributed by atoms with Gasteiger partial charge < -0.3 is 19.5 Å². The van der Waals surface area contributed by atoms with E-state index in [1.807, 2.05) is 0 Å². The number of amides is 1. The van der Waals surface area contributed by atoms with Crippen molar-refractivity contribution in [2.45, 2.75) is 0 Å². The summed E-state index contributed by atoms with van der Waals surface area (Å²) < 4.78 is 15.0. The summed E-state index contributed by atoms with van der Waals surface area (Å²) in [6.45, 7) is -0.768. The van der Waals surface area contributed by atoms with E-state index in [1.165, 1.54) is 18.3 Å². The molecule has 1 N–H and O–H groups in total. The fraction of sp³-hybridized carbons (Fsp3) is 0.133. The van der Waals surface area contributed by atoms with Crippen LogP contribution in [-0.2, 0) is 9.53 Å². The molecule has 0 saturated carbocycles. The highest BCUT2D eigenvalue weighted by molar-refractivity contribution is 6.30. The maximum atomic E-state index is 12.1. The van der Waals surface area contributed by atoms with Crippen LogP contribution in [0.4, 0.5) is 11.5 Å². The number of carbonyl (C=O) groups is 2. The number of esters is 1. The molecule has 134 valence electrons. The number of hydrogen-bond donors (Lipinski definition) is 1. The average molecular weight is 380 g/mol. The molecule has 0 bridgehead atoms. The lowest BCUT2D eigenvalue weighted by molar-refractivity contribution is -0.385. The number of nitrogens with one attached hydrogen (secondary N) is 1. The van der Waals surface area contributed by atoms with E-state index in [0.717, 1.165) is 12.1 Å². The number of rotatable bonds is 5. The van der Waals surface area contributed by atoms with Gasteiger partial charge >= 0.3 is 5.97 Å². The molecule has 1 aromatic carbocycles. The largest absolute Gasteiger partial charge is 0.454 e. The van der Waals surface area contributed by atoms with Crippen molar-refractivity contribution in [3.8, 4) is 11.5 Å². The molecule has 1 amide bonds. The summed E-state index contributed by atoms with van der Waals surface area (Å²) in [5.74, 6) is -1.17. The average Bonchev–Trinajstić information content (AvgIpc) is 3.08. The summed E-state index contributed by atoms with van der Waals surface area (Å²) in [6, 6.07) is 5.19. The smallest absolute Gasteiger partial charge is 0.345 e. The zero-order valence-corrected chi connectivity index (χ0v) is 13.7. The third-order valence-corrected chi connectivity index (χ3v) is 3.46. The SMILES string of the molecule is O=C(COC(=O)c1cc2c(cc1[N+](=O)[O-])OCO2)Nc1ccc(Cl)cn1. The Hall–Kier alpha value is -3.40. The van der Waals surface area contributed by atoms with Gasteiger partial charge in [0.2, 0.25) is 6.79 Å². The summed E-state index contributed by atoms with van der Waals surface area (Å²) in [7, 11) is 0. The molecular weight excluding hydrogens is 370 g/mol. The number of pyridine rings is 1. The predicted molar refractivity (Wildman–Crippen MR) is 87.4 cm³/mol. The van der Waals surface area contributed by atoms with Crippen LogP contribution in [0, 0.1) is 10.1 Å². The molecular formula is C15H10ClN3O7. The van der Waals surface area contributed by atoms with Crippen LogP contribution in [0.25, 0.3) is 0 Å². The molecule has 3 rings (SSSR count). The van der Waals surface area contributed by atoms with Gasteiger partial charge in [0.25, 0.3) is 11.6 Å². The van der Waals surface area contributed by atoms with Crippen molar-refractivity contribution in [2.24, 2.45) is 0 Å². The van der Waals surface area contributed by atoms with Gasteiger partial charge in [0.05, 0.1) is 16.0 Å². The van der Waals surface area contributed by atoms with Gasteiger partial charge in [-0.25, -0.2) is 9.78 Å². The number of benzene rings is 1. The van der Waals surface area contributed by atoms with Crippen molar-refractivity contribution >= 4 is 35.0 Å². The van der Waals surface area contributed by atoms with Crippen LogP contribution in [0.2, 0.25) is 5.02 Å². The van der Waals surface area contributed by atoms with Crippen LogP contribution in [0.3, 0.4) is 0 Å². The molecule has 10 nitrogen and oxygen atoms in total. The van der Waals surface area contributed by atoms with Crippen molar-refractivity contribution in [1.82, 2.24) is 4.98 Å². The second-order valence-corrected chi connectivity index (χ2v) is 5.40. The number of fused-ring (bicyclic) bond motifs is 1. The lowest BCUT2D eigenvalue weighted by atomic mass is 10.1. The molecule has 0 aliphatic carbocycles. The number of nitro benzene ring substituents is 1. The van der Waals surface area contributed by atoms with Gasteiger partial charge in [-0.15, -0.1) is 0 Å². The van der Waals surface area contributed by atoms with Crippen LogP contribution < -0.4 is 14.8 Å². The maximum Gasteiger partial charge on any atom is 0.345 e. The first-order valence-corrected chi connectivity index (χ1v) is 7.48. The van der Waals surface area contributed by atoms with Gasteiger partial charge in [0.15, 0.2) is 18.1 Å². The Morgan fingerprint density at radius 2 is 2.04 bits per heavy atom. The van der Waals surface area contributed by atoms with Crippen LogP contribution in [0.15, 0.2) is 30.5 Å². The first-order chi connectivity index (χ1) is 12.4. The topological polar surface area (TPSA) is 130 Å². The van der Waals surface area contributed by atoms with Crippen LogP contribution in [0.1, 0.15) is 10.4 Å². The number of halogens is 1. The molecule has 0 saturated heterocycles. The van der Waals surface area contributed by atoms with Crippen molar-refractivity contribution in [1.29, 1.82) is 0 Å². The quantitative estimate of drug-likeness (QED) is 0.475. The van der Waals surface area contributed by atoms with E-state index < -0.39 is 29.1 Å². The Morgan fingerprint density at radius 3 is 2.69 bits per heavy atom. The van der Waals surface area contributed by atoms with Gasteiger partial charge in [-0.05, 0) is 12.1 Å². The molecule has 1 aliphatic heterocycles. The highest BCUT2D eigenvalue weighted by atomic mass is 35.5. The number of nitro groups is 1. The lowest BCUT2D eigenvalue weighted by Gasteiger charge is -2.07. The zero-order valence-electron chi connectivity index (χ0n) is 12.9. The standard InChI is InChI=1S/C15H10ClN3O7/c16-8-1-2-13(17-5-8)18-14(20)6-24-15(21)9-3-11-12(26-7-25-11)4-10(9)19(22)23/h1-5H,6-7H2,(H,17,18,20). The minimum atomic E-state index is -1.05. The Bertz CT molecular complexity index is 886. The molecule has 0 radical (unpaired) electrons. The molecule has 0 spiro atoms. The summed E-state index contributed by atoms with van der Waals surface area (Å²) in [5, 5.41) is 13.9. The van der Waals surface area contributed by atoms with E-state index in [-0.39, 0.29) is 29.7 Å². The summed E-state index contributed by atoms with van der Waals surface area (Å²) >= 11 is 5.68. The van der Waals surface area contributed by atoms with Gasteiger partial charge in [-0.1, -0.05) is 11.6 Å². The van der Waals surface area contributed by atoms with Gasteiger partial charge in [-0.3, -0.25) is 14.9 Å². The van der Waals surface area contributed by atoms with Gasteiger partial charge in [0.1, 0.15) is 11.4 Å². The normalized spacial score (nSPS) is 11.7. The fourth-order valence-corrected chi connectivity index (χ4v) is 2.20. The summed E-state index contributed by atoms with van der Waals surface area (Å²) in [4.78, 5) is 38.2. The molecule has 1 aliphatic rings. The monoisotopic (exact) mass is 379 g/mol. The van der Waals surface area contributed by atoms with E-state index in [4.69, 9.17) is 25.8 Å². The molecule has 0 atom stereocenters. The third kappa shape index (κ3) is 3.81. The Morgan fingerprint density at radius 1 is 1.31 bits per heavy atom. The fourth-order valence-electron chi connectivity index (χ4n) is 2.08. The lowest BCUT2D eigenvalue weighted by Crippen LogP contribution is -2.21. The molecule has 2 aromatic rings. The van der Waals surface area contributed by atoms with Crippen LogP contribution >= 0.6 is 11.6 Å². The Kier molecular flexibility index (Phi) is 4.85. The van der Waals surface area contributed by atoms with E-state index in [1.54, 1.807) is 0 Å². The first kappa shape index (κ1) is 17.4. The van der Waals surface area contributed by atoms with E-state index >= 15 is 0 Å². The molecule has 2 heterocycles. The minimum absolute atomic E-state index is 0.110.